The lowest BCUT2D eigenvalue weighted by atomic mass is 9.90. The van der Waals surface area contributed by atoms with E-state index < -0.39 is 0 Å². The predicted octanol–water partition coefficient (Wildman–Crippen LogP) is 5.86. The lowest BCUT2D eigenvalue weighted by molar-refractivity contribution is -0.136. The smallest absolute Gasteiger partial charge is 0.257 e. The molecule has 1 fully saturated rings. The highest BCUT2D eigenvalue weighted by Gasteiger charge is 2.35. The van der Waals surface area contributed by atoms with Crippen LogP contribution in [0.5, 0.6) is 5.75 Å². The number of ether oxygens (including phenoxy) is 1. The molecule has 0 radical (unpaired) electrons. The summed E-state index contributed by atoms with van der Waals surface area (Å²) in [6, 6.07) is 15.6. The summed E-state index contributed by atoms with van der Waals surface area (Å²) >= 11 is 3.60. The van der Waals surface area contributed by atoms with Crippen LogP contribution in [0.4, 0.5) is 0 Å². The number of amides is 2. The van der Waals surface area contributed by atoms with E-state index in [2.05, 4.69) is 27.8 Å². The van der Waals surface area contributed by atoms with E-state index in [0.717, 1.165) is 61.5 Å². The molecule has 2 atom stereocenters. The summed E-state index contributed by atoms with van der Waals surface area (Å²) in [6.45, 7) is 4.22. The molecule has 2 aromatic carbocycles. The van der Waals surface area contributed by atoms with Gasteiger partial charge in [0.05, 0.1) is 18.0 Å². The minimum Gasteiger partial charge on any atom is -0.487 e. The molecule has 2 amide bonds. The minimum absolute atomic E-state index is 0.0260. The first-order valence-electron chi connectivity index (χ1n) is 12.7. The van der Waals surface area contributed by atoms with Crippen LogP contribution in [-0.4, -0.2) is 53.4 Å². The molecule has 2 aromatic rings. The van der Waals surface area contributed by atoms with Crippen molar-refractivity contribution in [3.63, 3.8) is 0 Å². The standard InChI is InChI=1S/C28H35BrN2O3/c1-2-17-30-18-9-10-19-31(27(32)20-21-11-3-5-13-23(21)29)24-14-6-8-16-26(24)34-25-15-7-4-12-22(25)28(30)33/h3-5,7,11-13,15,24,26H,2,6,8-10,14,16-20H2,1H3/t24-,26+/m1/s1. The lowest BCUT2D eigenvalue weighted by Crippen LogP contribution is -2.51. The minimum atomic E-state index is -0.107. The normalized spacial score (nSPS) is 21.5. The average Bonchev–Trinajstić information content (AvgIpc) is 2.84. The highest BCUT2D eigenvalue weighted by molar-refractivity contribution is 9.10. The summed E-state index contributed by atoms with van der Waals surface area (Å²) in [6.07, 6.45) is 6.93. The Morgan fingerprint density at radius 2 is 1.74 bits per heavy atom. The Balaban J connectivity index is 1.64. The molecule has 0 spiro atoms. The van der Waals surface area contributed by atoms with Crippen LogP contribution in [-0.2, 0) is 11.2 Å². The van der Waals surface area contributed by atoms with Crippen molar-refractivity contribution >= 4 is 27.7 Å². The van der Waals surface area contributed by atoms with Gasteiger partial charge in [0.25, 0.3) is 5.91 Å². The molecule has 0 unspecified atom stereocenters. The Bertz CT molecular complexity index is 995. The van der Waals surface area contributed by atoms with E-state index in [-0.39, 0.29) is 24.0 Å². The van der Waals surface area contributed by atoms with Gasteiger partial charge in [-0.1, -0.05) is 59.6 Å². The summed E-state index contributed by atoms with van der Waals surface area (Å²) in [5.74, 6) is 0.843. The van der Waals surface area contributed by atoms with Crippen molar-refractivity contribution in [2.45, 2.75) is 70.4 Å². The summed E-state index contributed by atoms with van der Waals surface area (Å²) in [4.78, 5) is 31.1. The van der Waals surface area contributed by atoms with Gasteiger partial charge in [-0.15, -0.1) is 0 Å². The molecule has 0 aromatic heterocycles. The van der Waals surface area contributed by atoms with Gasteiger partial charge in [0.15, 0.2) is 0 Å². The first kappa shape index (κ1) is 24.8. The van der Waals surface area contributed by atoms with Gasteiger partial charge in [-0.05, 0) is 62.3 Å². The van der Waals surface area contributed by atoms with Crippen LogP contribution in [0.15, 0.2) is 53.0 Å². The molecule has 182 valence electrons. The Labute approximate surface area is 211 Å². The largest absolute Gasteiger partial charge is 0.487 e. The maximum absolute atomic E-state index is 13.6. The zero-order valence-electron chi connectivity index (χ0n) is 20.0. The van der Waals surface area contributed by atoms with Crippen LogP contribution < -0.4 is 4.74 Å². The van der Waals surface area contributed by atoms with Gasteiger partial charge in [-0.2, -0.15) is 0 Å². The quantitative estimate of drug-likeness (QED) is 0.501. The number of hydrogen-bond donors (Lipinski definition) is 0. The van der Waals surface area contributed by atoms with E-state index in [1.54, 1.807) is 0 Å². The molecule has 2 aliphatic rings. The van der Waals surface area contributed by atoms with E-state index in [1.807, 2.05) is 53.4 Å². The van der Waals surface area contributed by atoms with Gasteiger partial charge in [-0.25, -0.2) is 0 Å². The number of hydrogen-bond acceptors (Lipinski definition) is 3. The second-order valence-corrected chi connectivity index (χ2v) is 10.2. The molecule has 6 heteroatoms. The SMILES string of the molecule is CCCN1CCCCN(C(=O)Cc2ccccc2Br)[C@@H]2CCCC[C@@H]2Oc2ccccc2C1=O. The Kier molecular flexibility index (Phi) is 8.65. The molecule has 1 heterocycles. The van der Waals surface area contributed by atoms with E-state index in [1.165, 1.54) is 0 Å². The summed E-state index contributed by atoms with van der Waals surface area (Å²) in [5, 5.41) is 0. The first-order valence-corrected chi connectivity index (χ1v) is 13.5. The maximum atomic E-state index is 13.6. The Morgan fingerprint density at radius 1 is 1.00 bits per heavy atom. The lowest BCUT2D eigenvalue weighted by Gasteiger charge is -2.41. The van der Waals surface area contributed by atoms with Crippen LogP contribution in [0, 0.1) is 0 Å². The third-order valence-corrected chi connectivity index (χ3v) is 7.72. The van der Waals surface area contributed by atoms with Crippen molar-refractivity contribution in [3.8, 4) is 5.75 Å². The highest BCUT2D eigenvalue weighted by atomic mass is 79.9. The van der Waals surface area contributed by atoms with Crippen molar-refractivity contribution in [2.75, 3.05) is 19.6 Å². The summed E-state index contributed by atoms with van der Waals surface area (Å²) in [7, 11) is 0. The van der Waals surface area contributed by atoms with Crippen molar-refractivity contribution in [3.05, 3.63) is 64.1 Å². The third-order valence-electron chi connectivity index (χ3n) is 6.94. The number of nitrogens with zero attached hydrogens (tertiary/aromatic N) is 2. The van der Waals surface area contributed by atoms with Crippen LogP contribution >= 0.6 is 15.9 Å². The molecule has 0 saturated heterocycles. The molecular weight excluding hydrogens is 492 g/mol. The van der Waals surface area contributed by atoms with Gasteiger partial charge in [0.1, 0.15) is 11.9 Å². The summed E-state index contributed by atoms with van der Waals surface area (Å²) < 4.78 is 7.54. The molecular formula is C28H35BrN2O3. The topological polar surface area (TPSA) is 49.9 Å². The number of para-hydroxylation sites is 1. The molecule has 1 saturated carbocycles. The monoisotopic (exact) mass is 526 g/mol. The van der Waals surface area contributed by atoms with Crippen molar-refractivity contribution < 1.29 is 14.3 Å². The van der Waals surface area contributed by atoms with Gasteiger partial charge in [0.2, 0.25) is 5.91 Å². The van der Waals surface area contributed by atoms with Gasteiger partial charge in [0, 0.05) is 24.1 Å². The predicted molar refractivity (Wildman–Crippen MR) is 138 cm³/mol. The zero-order valence-corrected chi connectivity index (χ0v) is 21.6. The van der Waals surface area contributed by atoms with E-state index >= 15 is 0 Å². The fourth-order valence-electron chi connectivity index (χ4n) is 5.20. The second kappa shape index (κ2) is 11.9. The molecule has 5 nitrogen and oxygen atoms in total. The number of carbonyl (C=O) groups is 2. The number of rotatable bonds is 4. The second-order valence-electron chi connectivity index (χ2n) is 9.36. The third kappa shape index (κ3) is 5.83. The van der Waals surface area contributed by atoms with Crippen LogP contribution in [0.1, 0.15) is 67.8 Å². The fourth-order valence-corrected chi connectivity index (χ4v) is 5.63. The fraction of sp³-hybridized carbons (Fsp3) is 0.500. The number of halogens is 1. The number of benzene rings is 2. The summed E-state index contributed by atoms with van der Waals surface area (Å²) in [5.41, 5.74) is 1.64. The van der Waals surface area contributed by atoms with E-state index in [9.17, 15) is 9.59 Å². The van der Waals surface area contributed by atoms with Crippen LogP contribution in [0.2, 0.25) is 0 Å². The molecule has 1 aliphatic carbocycles. The van der Waals surface area contributed by atoms with E-state index in [0.29, 0.717) is 30.8 Å². The zero-order chi connectivity index (χ0) is 23.9. The highest BCUT2D eigenvalue weighted by Crippen LogP contribution is 2.31. The van der Waals surface area contributed by atoms with Crippen LogP contribution in [0.25, 0.3) is 0 Å². The molecule has 1 aliphatic heterocycles. The Morgan fingerprint density at radius 3 is 2.56 bits per heavy atom. The van der Waals surface area contributed by atoms with Crippen molar-refractivity contribution in [1.82, 2.24) is 9.80 Å². The Hall–Kier alpha value is -2.34. The molecule has 34 heavy (non-hydrogen) atoms. The first-order chi connectivity index (χ1) is 16.6. The van der Waals surface area contributed by atoms with Crippen molar-refractivity contribution in [2.24, 2.45) is 0 Å². The number of carbonyl (C=O) groups excluding carboxylic acids is 2. The van der Waals surface area contributed by atoms with Gasteiger partial charge >= 0.3 is 0 Å². The van der Waals surface area contributed by atoms with Gasteiger partial charge < -0.3 is 14.5 Å². The molecule has 0 N–H and O–H groups in total. The van der Waals surface area contributed by atoms with Crippen LogP contribution in [0.3, 0.4) is 0 Å². The van der Waals surface area contributed by atoms with Crippen molar-refractivity contribution in [1.29, 1.82) is 0 Å². The maximum Gasteiger partial charge on any atom is 0.257 e. The van der Waals surface area contributed by atoms with Gasteiger partial charge in [-0.3, -0.25) is 9.59 Å². The number of fused-ring (bicyclic) bond motifs is 2. The molecule has 0 bridgehead atoms. The average molecular weight is 528 g/mol. The molecule has 4 rings (SSSR count). The van der Waals surface area contributed by atoms with E-state index in [4.69, 9.17) is 4.74 Å².